The molecule has 1 fully saturated rings. The molecule has 2 heteroatoms. The lowest BCUT2D eigenvalue weighted by atomic mass is 9.75. The van der Waals surface area contributed by atoms with Gasteiger partial charge in [0.1, 0.15) is 0 Å². The maximum Gasteiger partial charge on any atom is 0.0555 e. The van der Waals surface area contributed by atoms with Gasteiger partial charge in [0.2, 0.25) is 0 Å². The Morgan fingerprint density at radius 2 is 1.83 bits per heavy atom. The number of aliphatic hydroxyl groups excluding tert-OH is 1. The number of rotatable bonds is 4. The molecule has 1 aliphatic rings. The zero-order valence-corrected chi connectivity index (χ0v) is 13.2. The molecule has 3 unspecified atom stereocenters. The minimum atomic E-state index is -0.0910. The lowest BCUT2D eigenvalue weighted by Gasteiger charge is -2.49. The van der Waals surface area contributed by atoms with Gasteiger partial charge in [0.15, 0.2) is 0 Å². The van der Waals surface area contributed by atoms with E-state index in [1.165, 1.54) is 12.8 Å². The quantitative estimate of drug-likeness (QED) is 0.828. The van der Waals surface area contributed by atoms with E-state index in [1.807, 2.05) is 0 Å². The van der Waals surface area contributed by atoms with Crippen LogP contribution < -0.4 is 0 Å². The van der Waals surface area contributed by atoms with Gasteiger partial charge < -0.3 is 5.11 Å². The number of hydrogen-bond donors (Lipinski definition) is 1. The summed E-state index contributed by atoms with van der Waals surface area (Å²) in [5, 5.41) is 10.0. The van der Waals surface area contributed by atoms with Crippen LogP contribution in [0.5, 0.6) is 0 Å². The summed E-state index contributed by atoms with van der Waals surface area (Å²) in [5.74, 6) is 1.45. The first-order valence-corrected chi connectivity index (χ1v) is 7.72. The summed E-state index contributed by atoms with van der Waals surface area (Å²) < 4.78 is 0. The molecule has 108 valence electrons. The lowest BCUT2D eigenvalue weighted by Crippen LogP contribution is -2.55. The second-order valence-electron chi connectivity index (χ2n) is 7.31. The summed E-state index contributed by atoms with van der Waals surface area (Å²) in [6.07, 6.45) is 4.23. The Morgan fingerprint density at radius 3 is 2.28 bits per heavy atom. The van der Waals surface area contributed by atoms with Crippen LogP contribution in [0.1, 0.15) is 67.2 Å². The van der Waals surface area contributed by atoms with Crippen molar-refractivity contribution in [1.29, 1.82) is 0 Å². The second kappa shape index (κ2) is 6.38. The molecule has 1 rings (SSSR count). The van der Waals surface area contributed by atoms with E-state index in [-0.39, 0.29) is 11.6 Å². The van der Waals surface area contributed by atoms with Crippen LogP contribution in [0.3, 0.4) is 0 Å². The van der Waals surface area contributed by atoms with Gasteiger partial charge in [-0.05, 0) is 64.8 Å². The summed E-state index contributed by atoms with van der Waals surface area (Å²) in [6, 6.07) is 0.550. The monoisotopic (exact) mass is 255 g/mol. The molecular weight excluding hydrogens is 222 g/mol. The third kappa shape index (κ3) is 3.96. The van der Waals surface area contributed by atoms with Crippen LogP contribution in [0, 0.1) is 11.8 Å². The topological polar surface area (TPSA) is 23.5 Å². The van der Waals surface area contributed by atoms with Gasteiger partial charge in [0.05, 0.1) is 6.10 Å². The molecule has 0 heterocycles. The average Bonchev–Trinajstić information content (AvgIpc) is 2.23. The average molecular weight is 255 g/mol. The highest BCUT2D eigenvalue weighted by atomic mass is 16.3. The zero-order valence-electron chi connectivity index (χ0n) is 13.2. The Hall–Kier alpha value is -0.0800. The number of aliphatic hydroxyl groups is 1. The number of nitrogens with zero attached hydrogens (tertiary/aromatic N) is 1. The minimum absolute atomic E-state index is 0.0910. The number of hydrogen-bond acceptors (Lipinski definition) is 2. The van der Waals surface area contributed by atoms with E-state index >= 15 is 0 Å². The predicted octanol–water partition coefficient (Wildman–Crippen LogP) is 3.68. The van der Waals surface area contributed by atoms with E-state index in [9.17, 15) is 5.11 Å². The second-order valence-corrected chi connectivity index (χ2v) is 7.31. The van der Waals surface area contributed by atoms with Gasteiger partial charge in [-0.15, -0.1) is 0 Å². The van der Waals surface area contributed by atoms with Crippen LogP contribution in [0.4, 0.5) is 0 Å². The third-order valence-corrected chi connectivity index (χ3v) is 4.42. The fraction of sp³-hybridized carbons (Fsp3) is 1.00. The highest BCUT2D eigenvalue weighted by molar-refractivity contribution is 4.92. The van der Waals surface area contributed by atoms with Crippen molar-refractivity contribution < 1.29 is 5.11 Å². The van der Waals surface area contributed by atoms with Gasteiger partial charge in [0, 0.05) is 11.6 Å². The van der Waals surface area contributed by atoms with Gasteiger partial charge in [-0.25, -0.2) is 0 Å². The van der Waals surface area contributed by atoms with E-state index in [1.54, 1.807) is 0 Å². The molecule has 0 aromatic rings. The highest BCUT2D eigenvalue weighted by Gasteiger charge is 2.38. The molecule has 3 atom stereocenters. The van der Waals surface area contributed by atoms with Crippen molar-refractivity contribution in [2.75, 3.05) is 6.54 Å². The zero-order chi connectivity index (χ0) is 13.9. The smallest absolute Gasteiger partial charge is 0.0555 e. The Morgan fingerprint density at radius 1 is 1.22 bits per heavy atom. The molecule has 1 N–H and O–H groups in total. The summed E-state index contributed by atoms with van der Waals surface area (Å²) in [5.41, 5.74) is 0.199. The first-order valence-electron chi connectivity index (χ1n) is 7.72. The van der Waals surface area contributed by atoms with Crippen LogP contribution in [-0.2, 0) is 0 Å². The Bertz CT molecular complexity index is 244. The van der Waals surface area contributed by atoms with Crippen molar-refractivity contribution in [3.63, 3.8) is 0 Å². The van der Waals surface area contributed by atoms with E-state index in [0.717, 1.165) is 25.3 Å². The van der Waals surface area contributed by atoms with E-state index in [2.05, 4.69) is 46.4 Å². The van der Waals surface area contributed by atoms with Crippen molar-refractivity contribution >= 4 is 0 Å². The van der Waals surface area contributed by atoms with Crippen molar-refractivity contribution in [2.24, 2.45) is 11.8 Å². The molecule has 0 radical (unpaired) electrons. The first kappa shape index (κ1) is 16.0. The maximum absolute atomic E-state index is 10.0. The molecule has 18 heavy (non-hydrogen) atoms. The molecule has 0 bridgehead atoms. The van der Waals surface area contributed by atoms with E-state index in [0.29, 0.717) is 12.0 Å². The standard InChI is InChI=1S/C16H33NO/c1-7-10-17(16(4,5)6)15-11-13(18)8-9-14(15)12(2)3/h12-15,18H,7-11H2,1-6H3. The maximum atomic E-state index is 10.0. The Kier molecular flexibility index (Phi) is 5.67. The van der Waals surface area contributed by atoms with Crippen LogP contribution >= 0.6 is 0 Å². The van der Waals surface area contributed by atoms with Gasteiger partial charge >= 0.3 is 0 Å². The van der Waals surface area contributed by atoms with Gasteiger partial charge in [-0.1, -0.05) is 20.8 Å². The van der Waals surface area contributed by atoms with Crippen molar-refractivity contribution in [3.8, 4) is 0 Å². The van der Waals surface area contributed by atoms with Crippen molar-refractivity contribution in [3.05, 3.63) is 0 Å². The van der Waals surface area contributed by atoms with E-state index in [4.69, 9.17) is 0 Å². The van der Waals surface area contributed by atoms with Gasteiger partial charge in [-0.2, -0.15) is 0 Å². The third-order valence-electron chi connectivity index (χ3n) is 4.42. The van der Waals surface area contributed by atoms with Crippen LogP contribution in [0.25, 0.3) is 0 Å². The Balaban J connectivity index is 2.89. The molecule has 0 aromatic carbocycles. The molecule has 0 aromatic heterocycles. The Labute approximate surface area is 114 Å². The molecular formula is C16H33NO. The summed E-state index contributed by atoms with van der Waals surface area (Å²) >= 11 is 0. The molecule has 0 aliphatic heterocycles. The van der Waals surface area contributed by atoms with Crippen molar-refractivity contribution in [2.45, 2.75) is 84.9 Å². The SMILES string of the molecule is CCCN(C1CC(O)CCC1C(C)C)C(C)(C)C. The minimum Gasteiger partial charge on any atom is -0.393 e. The molecule has 1 aliphatic carbocycles. The largest absolute Gasteiger partial charge is 0.393 e. The summed E-state index contributed by atoms with van der Waals surface area (Å²) in [4.78, 5) is 2.64. The fourth-order valence-electron chi connectivity index (χ4n) is 3.52. The fourth-order valence-corrected chi connectivity index (χ4v) is 3.52. The highest BCUT2D eigenvalue weighted by Crippen LogP contribution is 2.36. The van der Waals surface area contributed by atoms with Gasteiger partial charge in [-0.3, -0.25) is 4.90 Å². The van der Waals surface area contributed by atoms with Gasteiger partial charge in [0.25, 0.3) is 0 Å². The van der Waals surface area contributed by atoms with Crippen LogP contribution in [-0.4, -0.2) is 34.2 Å². The predicted molar refractivity (Wildman–Crippen MR) is 78.7 cm³/mol. The van der Waals surface area contributed by atoms with Crippen LogP contribution in [0.2, 0.25) is 0 Å². The normalized spacial score (nSPS) is 30.2. The molecule has 0 amide bonds. The van der Waals surface area contributed by atoms with E-state index < -0.39 is 0 Å². The first-order chi connectivity index (χ1) is 8.27. The molecule has 2 nitrogen and oxygen atoms in total. The lowest BCUT2D eigenvalue weighted by molar-refractivity contribution is -0.0270. The molecule has 0 saturated heterocycles. The summed E-state index contributed by atoms with van der Waals surface area (Å²) in [7, 11) is 0. The summed E-state index contributed by atoms with van der Waals surface area (Å²) in [6.45, 7) is 15.0. The molecule has 1 saturated carbocycles. The van der Waals surface area contributed by atoms with Crippen molar-refractivity contribution in [1.82, 2.24) is 4.90 Å². The van der Waals surface area contributed by atoms with Crippen LogP contribution in [0.15, 0.2) is 0 Å². The molecule has 0 spiro atoms.